The molecule has 0 bridgehead atoms. The molecule has 0 aliphatic heterocycles. The van der Waals surface area contributed by atoms with E-state index in [1.165, 1.54) is 22.3 Å². The normalized spacial score (nSPS) is 11.0. The van der Waals surface area contributed by atoms with E-state index in [-0.39, 0.29) is 0 Å². The van der Waals surface area contributed by atoms with Crippen molar-refractivity contribution in [2.75, 3.05) is 24.0 Å². The first kappa shape index (κ1) is 32.8. The van der Waals surface area contributed by atoms with Crippen LogP contribution in [0.3, 0.4) is 0 Å². The Bertz CT molecular complexity index is 1720. The Morgan fingerprint density at radius 1 is 0.333 bits per heavy atom. The fourth-order valence-corrected chi connectivity index (χ4v) is 6.08. The molecule has 0 amide bonds. The van der Waals surface area contributed by atoms with Crippen molar-refractivity contribution < 1.29 is 9.47 Å². The van der Waals surface area contributed by atoms with Crippen LogP contribution < -0.4 is 9.80 Å². The van der Waals surface area contributed by atoms with E-state index in [1.54, 1.807) is 14.2 Å². The van der Waals surface area contributed by atoms with Crippen molar-refractivity contribution in [2.24, 2.45) is 0 Å². The van der Waals surface area contributed by atoms with Gasteiger partial charge < -0.3 is 19.3 Å². The molecular formula is C44H44N2O2. The van der Waals surface area contributed by atoms with Gasteiger partial charge in [0.2, 0.25) is 0 Å². The van der Waals surface area contributed by atoms with Gasteiger partial charge in [-0.2, -0.15) is 0 Å². The lowest BCUT2D eigenvalue weighted by atomic mass is 10.0. The zero-order valence-electron chi connectivity index (χ0n) is 28.4. The van der Waals surface area contributed by atoms with Crippen LogP contribution in [-0.4, -0.2) is 14.2 Å². The molecule has 0 aromatic heterocycles. The molecular weight excluding hydrogens is 588 g/mol. The molecule has 242 valence electrons. The molecule has 0 heterocycles. The zero-order valence-corrected chi connectivity index (χ0v) is 28.4. The van der Waals surface area contributed by atoms with E-state index in [9.17, 15) is 0 Å². The van der Waals surface area contributed by atoms with Crippen LogP contribution in [-0.2, 0) is 35.5 Å². The summed E-state index contributed by atoms with van der Waals surface area (Å²) in [6.45, 7) is 5.58. The summed E-state index contributed by atoms with van der Waals surface area (Å²) in [6.07, 6.45) is 2.03. The molecule has 0 aliphatic rings. The second kappa shape index (κ2) is 15.6. The Morgan fingerprint density at radius 3 is 0.792 bits per heavy atom. The minimum atomic E-state index is 0.600. The second-order valence-electron chi connectivity index (χ2n) is 12.0. The third kappa shape index (κ3) is 7.52. The van der Waals surface area contributed by atoms with Gasteiger partial charge in [0.05, 0.1) is 13.2 Å². The second-order valence-corrected chi connectivity index (χ2v) is 12.0. The Morgan fingerprint density at radius 2 is 0.562 bits per heavy atom. The molecule has 0 atom stereocenters. The lowest BCUT2D eigenvalue weighted by Gasteiger charge is -2.26. The lowest BCUT2D eigenvalue weighted by molar-refractivity contribution is 0.185. The maximum Gasteiger partial charge on any atom is 0.0713 e. The number of benzene rings is 6. The average Bonchev–Trinajstić information content (AvgIpc) is 3.15. The highest BCUT2D eigenvalue weighted by molar-refractivity contribution is 5.81. The third-order valence-electron chi connectivity index (χ3n) is 8.80. The van der Waals surface area contributed by atoms with E-state index in [4.69, 9.17) is 9.47 Å². The fourth-order valence-electron chi connectivity index (χ4n) is 6.08. The van der Waals surface area contributed by atoms with Crippen molar-refractivity contribution in [3.63, 3.8) is 0 Å². The minimum Gasteiger partial charge on any atom is -0.380 e. The SMILES string of the molecule is CCc1ccc(N(c2ccc(COC)cc2)c2ccc(-c3ccc(N(c4ccc(CC)cc4)c4ccc(COC)cc4)cc3)cc2)cc1. The Kier molecular flexibility index (Phi) is 10.7. The van der Waals surface area contributed by atoms with Gasteiger partial charge in [-0.15, -0.1) is 0 Å². The van der Waals surface area contributed by atoms with Crippen molar-refractivity contribution in [1.82, 2.24) is 0 Å². The van der Waals surface area contributed by atoms with Crippen LogP contribution in [0.2, 0.25) is 0 Å². The molecule has 0 unspecified atom stereocenters. The van der Waals surface area contributed by atoms with Gasteiger partial charge in [-0.25, -0.2) is 0 Å². The molecule has 0 saturated heterocycles. The Hall–Kier alpha value is -5.16. The molecule has 6 aromatic rings. The molecule has 48 heavy (non-hydrogen) atoms. The lowest BCUT2D eigenvalue weighted by Crippen LogP contribution is -2.10. The van der Waals surface area contributed by atoms with E-state index >= 15 is 0 Å². The Balaban J connectivity index is 1.30. The maximum absolute atomic E-state index is 5.34. The first-order valence-electron chi connectivity index (χ1n) is 16.7. The number of methoxy groups -OCH3 is 2. The van der Waals surface area contributed by atoms with E-state index in [2.05, 4.69) is 169 Å². The summed E-state index contributed by atoms with van der Waals surface area (Å²) in [4.78, 5) is 4.62. The largest absolute Gasteiger partial charge is 0.380 e. The van der Waals surface area contributed by atoms with Crippen LogP contribution in [0, 0.1) is 0 Å². The van der Waals surface area contributed by atoms with Gasteiger partial charge in [0.15, 0.2) is 0 Å². The van der Waals surface area contributed by atoms with Crippen LogP contribution in [0.25, 0.3) is 11.1 Å². The van der Waals surface area contributed by atoms with Gasteiger partial charge in [-0.05, 0) is 119 Å². The van der Waals surface area contributed by atoms with E-state index < -0.39 is 0 Å². The quantitative estimate of drug-likeness (QED) is 0.126. The highest BCUT2D eigenvalue weighted by Gasteiger charge is 2.15. The monoisotopic (exact) mass is 632 g/mol. The number of hydrogen-bond donors (Lipinski definition) is 0. The number of nitrogens with zero attached hydrogens (tertiary/aromatic N) is 2. The van der Waals surface area contributed by atoms with E-state index in [0.29, 0.717) is 13.2 Å². The fraction of sp³-hybridized carbons (Fsp3) is 0.182. The van der Waals surface area contributed by atoms with Gasteiger partial charge >= 0.3 is 0 Å². The van der Waals surface area contributed by atoms with Gasteiger partial charge in [-0.3, -0.25) is 0 Å². The number of hydrogen-bond acceptors (Lipinski definition) is 4. The molecule has 0 radical (unpaired) electrons. The van der Waals surface area contributed by atoms with Gasteiger partial charge in [-0.1, -0.05) is 86.6 Å². The molecule has 0 spiro atoms. The summed E-state index contributed by atoms with van der Waals surface area (Å²) >= 11 is 0. The van der Waals surface area contributed by atoms with Crippen molar-refractivity contribution in [1.29, 1.82) is 0 Å². The van der Waals surface area contributed by atoms with Crippen molar-refractivity contribution in [3.05, 3.63) is 168 Å². The van der Waals surface area contributed by atoms with Crippen LogP contribution in [0.5, 0.6) is 0 Å². The summed E-state index contributed by atoms with van der Waals surface area (Å²) < 4.78 is 10.7. The topological polar surface area (TPSA) is 24.9 Å². The molecule has 4 nitrogen and oxygen atoms in total. The van der Waals surface area contributed by atoms with E-state index in [1.807, 2.05) is 0 Å². The van der Waals surface area contributed by atoms with Gasteiger partial charge in [0.25, 0.3) is 0 Å². The highest BCUT2D eigenvalue weighted by atomic mass is 16.5. The number of ether oxygens (including phenoxy) is 2. The van der Waals surface area contributed by atoms with E-state index in [0.717, 1.165) is 58.1 Å². The van der Waals surface area contributed by atoms with Crippen molar-refractivity contribution in [2.45, 2.75) is 39.9 Å². The molecule has 6 aromatic carbocycles. The smallest absolute Gasteiger partial charge is 0.0713 e. The molecule has 0 N–H and O–H groups in total. The Labute approximate surface area is 285 Å². The summed E-state index contributed by atoms with van der Waals surface area (Å²) in [5.74, 6) is 0. The first-order valence-corrected chi connectivity index (χ1v) is 16.7. The molecule has 0 aliphatic carbocycles. The molecule has 0 saturated carbocycles. The third-order valence-corrected chi connectivity index (χ3v) is 8.80. The van der Waals surface area contributed by atoms with Crippen molar-refractivity contribution in [3.8, 4) is 11.1 Å². The van der Waals surface area contributed by atoms with Gasteiger partial charge in [0.1, 0.15) is 0 Å². The number of aryl methyl sites for hydroxylation is 2. The standard InChI is InChI=1S/C44H44N2O2/c1-5-33-7-19-39(20-8-33)45(41-23-11-35(12-24-41)31-47-3)43-27-15-37(16-28-43)38-17-29-44(30-18-38)46(40-21-9-34(6-2)10-22-40)42-25-13-36(14-26-42)32-48-4/h7-30H,5-6,31-32H2,1-4H3. The maximum atomic E-state index is 5.34. The van der Waals surface area contributed by atoms with Crippen LogP contribution in [0.1, 0.15) is 36.1 Å². The molecule has 0 fully saturated rings. The summed E-state index contributed by atoms with van der Waals surface area (Å²) in [5, 5.41) is 0. The van der Waals surface area contributed by atoms with Crippen LogP contribution >= 0.6 is 0 Å². The summed E-state index contributed by atoms with van der Waals surface area (Å²) in [6, 6.07) is 52.6. The van der Waals surface area contributed by atoms with Crippen molar-refractivity contribution >= 4 is 34.1 Å². The van der Waals surface area contributed by atoms with Crippen LogP contribution in [0.15, 0.2) is 146 Å². The minimum absolute atomic E-state index is 0.600. The molecule has 4 heteroatoms. The zero-order chi connectivity index (χ0) is 33.3. The summed E-state index contributed by atoms with van der Waals surface area (Å²) in [5.41, 5.74) is 14.0. The first-order chi connectivity index (χ1) is 23.6. The molecule has 6 rings (SSSR count). The number of anilines is 6. The summed E-state index contributed by atoms with van der Waals surface area (Å²) in [7, 11) is 3.46. The average molecular weight is 633 g/mol. The predicted molar refractivity (Wildman–Crippen MR) is 201 cm³/mol. The van der Waals surface area contributed by atoms with Crippen LogP contribution in [0.4, 0.5) is 34.1 Å². The predicted octanol–water partition coefficient (Wildman–Crippen LogP) is 11.7. The highest BCUT2D eigenvalue weighted by Crippen LogP contribution is 2.38. The number of rotatable bonds is 13. The van der Waals surface area contributed by atoms with Gasteiger partial charge in [0, 0.05) is 48.3 Å².